The molecular weight excluding hydrogens is 340 g/mol. The Morgan fingerprint density at radius 2 is 2.10 bits per heavy atom. The van der Waals surface area contributed by atoms with Gasteiger partial charge in [-0.05, 0) is 58.2 Å². The van der Waals surface area contributed by atoms with Gasteiger partial charge in [-0.3, -0.25) is 4.79 Å². The van der Waals surface area contributed by atoms with Crippen LogP contribution in [0.4, 0.5) is 5.69 Å². The van der Waals surface area contributed by atoms with Gasteiger partial charge in [0.05, 0.1) is 5.02 Å². The number of benzene rings is 2. The largest absolute Gasteiger partial charge is 0.381 e. The van der Waals surface area contributed by atoms with Crippen molar-refractivity contribution in [2.75, 3.05) is 5.32 Å². The molecule has 0 aliphatic rings. The number of halogens is 2. The summed E-state index contributed by atoms with van der Waals surface area (Å²) in [5.41, 5.74) is 8.71. The number of nitrogens with two attached hydrogens (primary N) is 1. The first-order valence-electron chi connectivity index (χ1n) is 6.06. The Hall–Kier alpha value is -1.52. The van der Waals surface area contributed by atoms with Gasteiger partial charge in [-0.1, -0.05) is 23.7 Å². The second kappa shape index (κ2) is 6.29. The highest BCUT2D eigenvalue weighted by Crippen LogP contribution is 2.24. The van der Waals surface area contributed by atoms with Gasteiger partial charge < -0.3 is 11.1 Å². The molecule has 0 bridgehead atoms. The van der Waals surface area contributed by atoms with Gasteiger partial charge in [0.1, 0.15) is 0 Å². The quantitative estimate of drug-likeness (QED) is 0.868. The summed E-state index contributed by atoms with van der Waals surface area (Å²) in [5, 5.41) is 3.98. The van der Waals surface area contributed by atoms with Crippen molar-refractivity contribution in [2.24, 2.45) is 5.73 Å². The Labute approximate surface area is 131 Å². The third-order valence-corrected chi connectivity index (χ3v) is 4.28. The molecule has 5 heteroatoms. The van der Waals surface area contributed by atoms with E-state index in [1.807, 2.05) is 37.3 Å². The smallest absolute Gasteiger partial charge is 0.249 e. The van der Waals surface area contributed by atoms with E-state index >= 15 is 0 Å². The molecule has 0 unspecified atom stereocenters. The van der Waals surface area contributed by atoms with Crippen molar-refractivity contribution >= 4 is 39.1 Å². The minimum Gasteiger partial charge on any atom is -0.381 e. The number of nitrogens with one attached hydrogen (secondary N) is 1. The van der Waals surface area contributed by atoms with Crippen LogP contribution in [0.2, 0.25) is 5.02 Å². The van der Waals surface area contributed by atoms with Crippen molar-refractivity contribution in [1.82, 2.24) is 0 Å². The molecule has 104 valence electrons. The highest BCUT2D eigenvalue weighted by Gasteiger charge is 2.08. The SMILES string of the molecule is Cc1c(NCc2ccc(Cl)c(Br)c2)cccc1C(N)=O. The highest BCUT2D eigenvalue weighted by molar-refractivity contribution is 9.10. The topological polar surface area (TPSA) is 55.1 Å². The lowest BCUT2D eigenvalue weighted by molar-refractivity contribution is 0.1000. The summed E-state index contributed by atoms with van der Waals surface area (Å²) in [6, 6.07) is 11.2. The van der Waals surface area contributed by atoms with E-state index in [9.17, 15) is 4.79 Å². The fourth-order valence-corrected chi connectivity index (χ4v) is 2.48. The van der Waals surface area contributed by atoms with Crippen molar-refractivity contribution in [1.29, 1.82) is 0 Å². The zero-order valence-corrected chi connectivity index (χ0v) is 13.3. The van der Waals surface area contributed by atoms with Crippen molar-refractivity contribution in [3.63, 3.8) is 0 Å². The second-order valence-electron chi connectivity index (χ2n) is 4.44. The van der Waals surface area contributed by atoms with Gasteiger partial charge in [0, 0.05) is 22.3 Å². The van der Waals surface area contributed by atoms with Gasteiger partial charge in [-0.15, -0.1) is 0 Å². The molecule has 0 radical (unpaired) electrons. The van der Waals surface area contributed by atoms with Crippen LogP contribution in [0.5, 0.6) is 0 Å². The first kappa shape index (κ1) is 14.9. The predicted molar refractivity (Wildman–Crippen MR) is 86.2 cm³/mol. The maximum Gasteiger partial charge on any atom is 0.249 e. The molecule has 0 atom stereocenters. The molecule has 3 N–H and O–H groups in total. The summed E-state index contributed by atoms with van der Waals surface area (Å²) in [5.74, 6) is -0.416. The van der Waals surface area contributed by atoms with Gasteiger partial charge in [0.2, 0.25) is 5.91 Å². The van der Waals surface area contributed by atoms with Crippen LogP contribution in [0.15, 0.2) is 40.9 Å². The van der Waals surface area contributed by atoms with E-state index in [1.54, 1.807) is 6.07 Å². The fourth-order valence-electron chi connectivity index (χ4n) is 1.94. The molecule has 0 saturated carbocycles. The Balaban J connectivity index is 2.17. The number of carbonyl (C=O) groups is 1. The minimum atomic E-state index is -0.416. The summed E-state index contributed by atoms with van der Waals surface area (Å²) in [6.45, 7) is 2.51. The van der Waals surface area contributed by atoms with Crippen molar-refractivity contribution < 1.29 is 4.79 Å². The zero-order valence-electron chi connectivity index (χ0n) is 10.9. The van der Waals surface area contributed by atoms with Gasteiger partial charge in [0.25, 0.3) is 0 Å². The van der Waals surface area contributed by atoms with E-state index in [4.69, 9.17) is 17.3 Å². The number of carbonyl (C=O) groups excluding carboxylic acids is 1. The molecule has 0 aromatic heterocycles. The van der Waals surface area contributed by atoms with Crippen LogP contribution in [0.3, 0.4) is 0 Å². The molecule has 2 aromatic carbocycles. The first-order valence-corrected chi connectivity index (χ1v) is 7.23. The third-order valence-electron chi connectivity index (χ3n) is 3.07. The average molecular weight is 354 g/mol. The summed E-state index contributed by atoms with van der Waals surface area (Å²) in [4.78, 5) is 11.3. The Bertz CT molecular complexity index is 658. The van der Waals surface area contributed by atoms with E-state index in [0.717, 1.165) is 21.3 Å². The summed E-state index contributed by atoms with van der Waals surface area (Å²) >= 11 is 9.36. The van der Waals surface area contributed by atoms with Gasteiger partial charge in [-0.2, -0.15) is 0 Å². The third kappa shape index (κ3) is 3.32. The zero-order chi connectivity index (χ0) is 14.7. The molecule has 0 saturated heterocycles. The van der Waals surface area contributed by atoms with E-state index in [2.05, 4.69) is 21.2 Å². The van der Waals surface area contributed by atoms with Gasteiger partial charge in [0.15, 0.2) is 0 Å². The minimum absolute atomic E-state index is 0.416. The lowest BCUT2D eigenvalue weighted by Gasteiger charge is -2.12. The molecule has 3 nitrogen and oxygen atoms in total. The predicted octanol–water partition coefficient (Wildman–Crippen LogP) is 4.12. The highest BCUT2D eigenvalue weighted by atomic mass is 79.9. The summed E-state index contributed by atoms with van der Waals surface area (Å²) in [6.07, 6.45) is 0. The number of amides is 1. The molecule has 0 aliphatic heterocycles. The molecule has 2 rings (SSSR count). The average Bonchev–Trinajstić information content (AvgIpc) is 2.41. The summed E-state index contributed by atoms with van der Waals surface area (Å²) < 4.78 is 0.862. The fraction of sp³-hybridized carbons (Fsp3) is 0.133. The first-order chi connectivity index (χ1) is 9.49. The Morgan fingerprint density at radius 3 is 2.75 bits per heavy atom. The van der Waals surface area contributed by atoms with E-state index < -0.39 is 5.91 Å². The Kier molecular flexibility index (Phi) is 4.68. The van der Waals surface area contributed by atoms with E-state index in [0.29, 0.717) is 17.1 Å². The Morgan fingerprint density at radius 1 is 1.35 bits per heavy atom. The van der Waals surface area contributed by atoms with Crippen molar-refractivity contribution in [2.45, 2.75) is 13.5 Å². The maximum absolute atomic E-state index is 11.3. The standard InChI is InChI=1S/C15H14BrClN2O/c1-9-11(15(18)20)3-2-4-14(9)19-8-10-5-6-13(17)12(16)7-10/h2-7,19H,8H2,1H3,(H2,18,20). The van der Waals surface area contributed by atoms with E-state index in [1.165, 1.54) is 0 Å². The van der Waals surface area contributed by atoms with Crippen LogP contribution in [0, 0.1) is 6.92 Å². The lowest BCUT2D eigenvalue weighted by Crippen LogP contribution is -2.13. The van der Waals surface area contributed by atoms with Gasteiger partial charge >= 0.3 is 0 Å². The molecule has 0 spiro atoms. The number of anilines is 1. The molecular formula is C15H14BrClN2O. The molecule has 20 heavy (non-hydrogen) atoms. The van der Waals surface area contributed by atoms with Crippen LogP contribution < -0.4 is 11.1 Å². The second-order valence-corrected chi connectivity index (χ2v) is 5.71. The lowest BCUT2D eigenvalue weighted by atomic mass is 10.1. The van der Waals surface area contributed by atoms with Crippen LogP contribution in [-0.2, 0) is 6.54 Å². The molecule has 2 aromatic rings. The molecule has 1 amide bonds. The molecule has 0 aliphatic carbocycles. The molecule has 0 heterocycles. The monoisotopic (exact) mass is 352 g/mol. The molecule has 0 fully saturated rings. The number of rotatable bonds is 4. The summed E-state index contributed by atoms with van der Waals surface area (Å²) in [7, 11) is 0. The van der Waals surface area contributed by atoms with E-state index in [-0.39, 0.29) is 0 Å². The van der Waals surface area contributed by atoms with Crippen molar-refractivity contribution in [3.8, 4) is 0 Å². The van der Waals surface area contributed by atoms with Gasteiger partial charge in [-0.25, -0.2) is 0 Å². The maximum atomic E-state index is 11.3. The van der Waals surface area contributed by atoms with Crippen LogP contribution in [-0.4, -0.2) is 5.91 Å². The van der Waals surface area contributed by atoms with Crippen LogP contribution in [0.1, 0.15) is 21.5 Å². The van der Waals surface area contributed by atoms with Crippen LogP contribution >= 0.6 is 27.5 Å². The van der Waals surface area contributed by atoms with Crippen LogP contribution in [0.25, 0.3) is 0 Å². The number of primary amides is 1. The van der Waals surface area contributed by atoms with Crippen molar-refractivity contribution in [3.05, 3.63) is 62.6 Å². The normalized spacial score (nSPS) is 10.3. The number of hydrogen-bond donors (Lipinski definition) is 2. The number of hydrogen-bond acceptors (Lipinski definition) is 2.